The summed E-state index contributed by atoms with van der Waals surface area (Å²) in [4.78, 5) is 10.9. The maximum atomic E-state index is 14.7. The number of carboxylic acid groups (broad SMARTS) is 1. The zero-order valence-corrected chi connectivity index (χ0v) is 19.2. The summed E-state index contributed by atoms with van der Waals surface area (Å²) in [5.41, 5.74) is 1.37. The van der Waals surface area contributed by atoms with Crippen LogP contribution in [0.3, 0.4) is 0 Å². The molecular formula is C22H21ClFN3O5S. The normalized spacial score (nSPS) is 15.9. The van der Waals surface area contributed by atoms with E-state index in [1.165, 1.54) is 34.4 Å². The number of nitrogens with zero attached hydrogens (tertiary/aromatic N) is 3. The Kier molecular flexibility index (Phi) is 6.42. The molecule has 4 rings (SSSR count). The SMILES string of the molecule is CN([C@@H]1CCCc2c1cnn2CC(=O)O)S(=O)(=O)c1ccc(Oc2ccc(Cl)cc2)c(F)c1. The number of hydrogen-bond acceptors (Lipinski definition) is 5. The molecule has 1 aromatic heterocycles. The van der Waals surface area contributed by atoms with Gasteiger partial charge in [0.15, 0.2) is 11.6 Å². The molecule has 0 radical (unpaired) electrons. The average Bonchev–Trinajstić information content (AvgIpc) is 3.18. The molecule has 0 bridgehead atoms. The molecule has 174 valence electrons. The van der Waals surface area contributed by atoms with Gasteiger partial charge >= 0.3 is 5.97 Å². The van der Waals surface area contributed by atoms with Crippen LogP contribution < -0.4 is 4.74 Å². The second-order valence-corrected chi connectivity index (χ2v) is 10.1. The molecule has 2 aromatic carbocycles. The van der Waals surface area contributed by atoms with Gasteiger partial charge in [-0.3, -0.25) is 9.48 Å². The summed E-state index contributed by atoms with van der Waals surface area (Å²) in [6.07, 6.45) is 3.34. The molecule has 8 nitrogen and oxygen atoms in total. The van der Waals surface area contributed by atoms with Crippen molar-refractivity contribution in [2.75, 3.05) is 7.05 Å². The highest BCUT2D eigenvalue weighted by atomic mass is 35.5. The summed E-state index contributed by atoms with van der Waals surface area (Å²) < 4.78 is 49.3. The van der Waals surface area contributed by atoms with Gasteiger partial charge in [-0.1, -0.05) is 11.6 Å². The Bertz CT molecular complexity index is 1290. The standard InChI is InChI=1S/C22H21ClFN3O5S/c1-26(19-3-2-4-20-17(19)12-25-27(20)13-22(28)29)33(30,31)16-9-10-21(18(24)11-16)32-15-7-5-14(23)6-8-15/h5-12,19H,2-4,13H2,1H3,(H,28,29)/t19-/m1/s1. The number of aromatic nitrogens is 2. The number of aliphatic carboxylic acids is 1. The molecule has 1 heterocycles. The van der Waals surface area contributed by atoms with Crippen LogP contribution in [0.1, 0.15) is 30.1 Å². The smallest absolute Gasteiger partial charge is 0.325 e. The van der Waals surface area contributed by atoms with Crippen molar-refractivity contribution >= 4 is 27.6 Å². The fourth-order valence-corrected chi connectivity index (χ4v) is 5.43. The molecular weight excluding hydrogens is 473 g/mol. The number of ether oxygens (including phenoxy) is 1. The Labute approximate surface area is 195 Å². The average molecular weight is 494 g/mol. The van der Waals surface area contributed by atoms with Crippen molar-refractivity contribution in [2.24, 2.45) is 0 Å². The van der Waals surface area contributed by atoms with E-state index >= 15 is 0 Å². The maximum Gasteiger partial charge on any atom is 0.325 e. The van der Waals surface area contributed by atoms with Gasteiger partial charge in [0.05, 0.1) is 17.1 Å². The first kappa shape index (κ1) is 23.2. The third-order valence-corrected chi connectivity index (χ3v) is 7.69. The Morgan fingerprint density at radius 2 is 2.03 bits per heavy atom. The Morgan fingerprint density at radius 1 is 1.30 bits per heavy atom. The van der Waals surface area contributed by atoms with E-state index < -0.39 is 27.9 Å². The van der Waals surface area contributed by atoms with Crippen molar-refractivity contribution in [3.63, 3.8) is 0 Å². The highest BCUT2D eigenvalue weighted by Gasteiger charge is 2.34. The molecule has 0 fully saturated rings. The van der Waals surface area contributed by atoms with Crippen molar-refractivity contribution in [3.8, 4) is 11.5 Å². The second-order valence-electron chi connectivity index (χ2n) is 7.68. The monoisotopic (exact) mass is 493 g/mol. The predicted molar refractivity (Wildman–Crippen MR) is 118 cm³/mol. The molecule has 0 aliphatic heterocycles. The van der Waals surface area contributed by atoms with Crippen LogP contribution in [0.5, 0.6) is 11.5 Å². The first-order chi connectivity index (χ1) is 15.7. The van der Waals surface area contributed by atoms with E-state index in [0.717, 1.165) is 6.07 Å². The summed E-state index contributed by atoms with van der Waals surface area (Å²) in [5, 5.41) is 13.7. The van der Waals surface area contributed by atoms with E-state index in [2.05, 4.69) is 5.10 Å². The number of fused-ring (bicyclic) bond motifs is 1. The number of benzene rings is 2. The molecule has 11 heteroatoms. The zero-order valence-electron chi connectivity index (χ0n) is 17.6. The zero-order chi connectivity index (χ0) is 23.8. The van der Waals surface area contributed by atoms with Crippen LogP contribution in [0.4, 0.5) is 4.39 Å². The van der Waals surface area contributed by atoms with Crippen molar-refractivity contribution in [2.45, 2.75) is 36.7 Å². The summed E-state index contributed by atoms with van der Waals surface area (Å²) in [6.45, 7) is -0.293. The molecule has 3 aromatic rings. The first-order valence-corrected chi connectivity index (χ1v) is 12.0. The van der Waals surface area contributed by atoms with Crippen LogP contribution in [-0.4, -0.2) is 40.6 Å². The number of rotatable bonds is 7. The first-order valence-electron chi connectivity index (χ1n) is 10.1. The van der Waals surface area contributed by atoms with E-state index in [0.29, 0.717) is 41.3 Å². The lowest BCUT2D eigenvalue weighted by atomic mass is 9.93. The molecule has 0 spiro atoms. The van der Waals surface area contributed by atoms with Crippen molar-refractivity contribution in [1.82, 2.24) is 14.1 Å². The second kappa shape index (κ2) is 9.12. The van der Waals surface area contributed by atoms with Gasteiger partial charge in [0.25, 0.3) is 0 Å². The van der Waals surface area contributed by atoms with Crippen LogP contribution in [-0.2, 0) is 27.8 Å². The van der Waals surface area contributed by atoms with E-state index in [1.807, 2.05) is 0 Å². The van der Waals surface area contributed by atoms with E-state index in [-0.39, 0.29) is 17.2 Å². The van der Waals surface area contributed by atoms with E-state index in [9.17, 15) is 17.6 Å². The van der Waals surface area contributed by atoms with Gasteiger partial charge in [0, 0.05) is 23.3 Å². The summed E-state index contributed by atoms with van der Waals surface area (Å²) in [6, 6.07) is 9.29. The highest BCUT2D eigenvalue weighted by molar-refractivity contribution is 7.89. The van der Waals surface area contributed by atoms with Gasteiger partial charge in [-0.05, 0) is 61.7 Å². The van der Waals surface area contributed by atoms with Crippen LogP contribution in [0, 0.1) is 5.82 Å². The molecule has 0 amide bonds. The topological polar surface area (TPSA) is 102 Å². The highest BCUT2D eigenvalue weighted by Crippen LogP contribution is 2.37. The maximum absolute atomic E-state index is 14.7. The molecule has 1 N–H and O–H groups in total. The van der Waals surface area contributed by atoms with Gasteiger partial charge in [-0.15, -0.1) is 0 Å². The van der Waals surface area contributed by atoms with Crippen LogP contribution >= 0.6 is 11.6 Å². The van der Waals surface area contributed by atoms with Gasteiger partial charge in [0.2, 0.25) is 10.0 Å². The van der Waals surface area contributed by atoms with Crippen LogP contribution in [0.25, 0.3) is 0 Å². The fraction of sp³-hybridized carbons (Fsp3) is 0.273. The quantitative estimate of drug-likeness (QED) is 0.528. The Balaban J connectivity index is 1.58. The third kappa shape index (κ3) is 4.73. The van der Waals surface area contributed by atoms with Crippen molar-refractivity contribution < 1.29 is 27.4 Å². The number of sulfonamides is 1. The summed E-state index contributed by atoms with van der Waals surface area (Å²) in [5.74, 6) is -1.61. The summed E-state index contributed by atoms with van der Waals surface area (Å²) in [7, 11) is -2.62. The third-order valence-electron chi connectivity index (χ3n) is 5.58. The predicted octanol–water partition coefficient (Wildman–Crippen LogP) is 4.25. The lowest BCUT2D eigenvalue weighted by Gasteiger charge is -2.31. The van der Waals surface area contributed by atoms with Crippen LogP contribution in [0.15, 0.2) is 53.6 Å². The Hall–Kier alpha value is -2.95. The van der Waals surface area contributed by atoms with Gasteiger partial charge in [-0.25, -0.2) is 12.8 Å². The minimum atomic E-state index is -4.05. The minimum Gasteiger partial charge on any atom is -0.480 e. The lowest BCUT2D eigenvalue weighted by molar-refractivity contribution is -0.137. The van der Waals surface area contributed by atoms with E-state index in [4.69, 9.17) is 21.4 Å². The molecule has 0 saturated carbocycles. The van der Waals surface area contributed by atoms with Crippen LogP contribution in [0.2, 0.25) is 5.02 Å². The van der Waals surface area contributed by atoms with Crippen molar-refractivity contribution in [3.05, 3.63) is 70.8 Å². The number of halogens is 2. The van der Waals surface area contributed by atoms with Gasteiger partial charge in [0.1, 0.15) is 12.3 Å². The molecule has 33 heavy (non-hydrogen) atoms. The number of carboxylic acids is 1. The van der Waals surface area contributed by atoms with Crippen molar-refractivity contribution in [1.29, 1.82) is 0 Å². The minimum absolute atomic E-state index is 0.117. The molecule has 0 saturated heterocycles. The Morgan fingerprint density at radius 3 is 2.70 bits per heavy atom. The van der Waals surface area contributed by atoms with Gasteiger partial charge < -0.3 is 9.84 Å². The molecule has 1 aliphatic rings. The number of carbonyl (C=O) groups is 1. The molecule has 0 unspecified atom stereocenters. The fourth-order valence-electron chi connectivity index (χ4n) is 3.93. The lowest BCUT2D eigenvalue weighted by Crippen LogP contribution is -2.33. The number of hydrogen-bond donors (Lipinski definition) is 1. The molecule has 1 aliphatic carbocycles. The summed E-state index contributed by atoms with van der Waals surface area (Å²) >= 11 is 5.83. The largest absolute Gasteiger partial charge is 0.480 e. The van der Waals surface area contributed by atoms with Gasteiger partial charge in [-0.2, -0.15) is 9.40 Å². The van der Waals surface area contributed by atoms with E-state index in [1.54, 1.807) is 24.3 Å². The molecule has 1 atom stereocenters.